The zero-order valence-electron chi connectivity index (χ0n) is 30.9. The Labute approximate surface area is 330 Å². The first-order valence-electron chi connectivity index (χ1n) is 19.3. The van der Waals surface area contributed by atoms with Crippen molar-refractivity contribution < 1.29 is 0 Å². The van der Waals surface area contributed by atoms with Crippen LogP contribution in [0.2, 0.25) is 0 Å². The van der Waals surface area contributed by atoms with Crippen molar-refractivity contribution in [1.29, 1.82) is 0 Å². The highest BCUT2D eigenvalue weighted by Crippen LogP contribution is 2.57. The van der Waals surface area contributed by atoms with Gasteiger partial charge < -0.3 is 0 Å². The molecule has 0 amide bonds. The highest BCUT2D eigenvalue weighted by Gasteiger charge is 2.46. The molecule has 0 spiro atoms. The van der Waals surface area contributed by atoms with Crippen molar-refractivity contribution >= 4 is 21.7 Å². The van der Waals surface area contributed by atoms with Gasteiger partial charge in [0.25, 0.3) is 0 Å². The molecule has 10 aromatic rings. The zero-order valence-corrected chi connectivity index (χ0v) is 30.9. The van der Waals surface area contributed by atoms with E-state index in [1.807, 2.05) is 60.7 Å². The number of para-hydroxylation sites is 1. The number of nitrogens with zero attached hydrogens (tertiary/aromatic N) is 4. The Bertz CT molecular complexity index is 2990. The van der Waals surface area contributed by atoms with Gasteiger partial charge in [0.1, 0.15) is 0 Å². The molecule has 0 fully saturated rings. The summed E-state index contributed by atoms with van der Waals surface area (Å²) in [7, 11) is 0. The van der Waals surface area contributed by atoms with Crippen LogP contribution in [0.25, 0.3) is 78.2 Å². The molecule has 0 saturated heterocycles. The molecular weight excluding hydrogens is 693 g/mol. The van der Waals surface area contributed by atoms with Crippen LogP contribution in [0.15, 0.2) is 206 Å². The third-order valence-corrected chi connectivity index (χ3v) is 11.4. The molecule has 4 heteroatoms. The van der Waals surface area contributed by atoms with E-state index in [2.05, 4.69) is 146 Å². The molecule has 2 aromatic heterocycles. The first-order chi connectivity index (χ1) is 28.3. The van der Waals surface area contributed by atoms with Crippen LogP contribution in [0.3, 0.4) is 0 Å². The van der Waals surface area contributed by atoms with Gasteiger partial charge in [-0.05, 0) is 57.0 Å². The van der Waals surface area contributed by atoms with Crippen molar-refractivity contribution in [2.75, 3.05) is 0 Å². The van der Waals surface area contributed by atoms with Crippen molar-refractivity contribution in [3.05, 3.63) is 229 Å². The van der Waals surface area contributed by atoms with Gasteiger partial charge in [0.05, 0.1) is 16.6 Å². The van der Waals surface area contributed by atoms with Crippen molar-refractivity contribution in [1.82, 2.24) is 19.9 Å². The number of rotatable bonds is 6. The molecule has 4 nitrogen and oxygen atoms in total. The first kappa shape index (κ1) is 32.8. The van der Waals surface area contributed by atoms with E-state index in [1.165, 1.54) is 38.8 Å². The average Bonchev–Trinajstić information content (AvgIpc) is 3.59. The number of hydrogen-bond acceptors (Lipinski definition) is 4. The summed E-state index contributed by atoms with van der Waals surface area (Å²) in [5.41, 5.74) is 12.8. The minimum Gasteiger partial charge on any atom is -0.247 e. The number of pyridine rings is 1. The minimum atomic E-state index is -0.490. The van der Waals surface area contributed by atoms with Crippen molar-refractivity contribution in [3.8, 4) is 56.5 Å². The molecule has 266 valence electrons. The predicted octanol–water partition coefficient (Wildman–Crippen LogP) is 12.6. The van der Waals surface area contributed by atoms with Crippen LogP contribution < -0.4 is 0 Å². The van der Waals surface area contributed by atoms with Crippen molar-refractivity contribution in [3.63, 3.8) is 0 Å². The lowest BCUT2D eigenvalue weighted by Crippen LogP contribution is -2.28. The van der Waals surface area contributed by atoms with Gasteiger partial charge in [-0.2, -0.15) is 0 Å². The lowest BCUT2D eigenvalue weighted by atomic mass is 9.67. The van der Waals surface area contributed by atoms with Crippen LogP contribution in [0, 0.1) is 0 Å². The second kappa shape index (κ2) is 13.3. The van der Waals surface area contributed by atoms with Gasteiger partial charge in [0.2, 0.25) is 0 Å². The molecule has 0 radical (unpaired) electrons. The van der Waals surface area contributed by atoms with E-state index >= 15 is 0 Å². The van der Waals surface area contributed by atoms with Crippen LogP contribution in [0.4, 0.5) is 0 Å². The molecule has 0 saturated carbocycles. The van der Waals surface area contributed by atoms with Gasteiger partial charge >= 0.3 is 0 Å². The highest BCUT2D eigenvalue weighted by atomic mass is 15.0. The SMILES string of the molecule is c1ccc(-c2nc(-c3ccccc3)nc(-c3ccc(-c4nc5ccccc5c5cc6c(cc45)-c4ccccc4C6(c4ccccc4)c4ccccc4)cc3)n2)cc1. The summed E-state index contributed by atoms with van der Waals surface area (Å²) in [6.45, 7) is 0. The molecular formula is C53H34N4. The summed E-state index contributed by atoms with van der Waals surface area (Å²) in [6, 6.07) is 72.9. The van der Waals surface area contributed by atoms with Crippen molar-refractivity contribution in [2.45, 2.75) is 5.41 Å². The van der Waals surface area contributed by atoms with E-state index in [-0.39, 0.29) is 0 Å². The molecule has 2 heterocycles. The smallest absolute Gasteiger partial charge is 0.164 e. The van der Waals surface area contributed by atoms with Crippen molar-refractivity contribution in [2.24, 2.45) is 0 Å². The Hall–Kier alpha value is -7.56. The van der Waals surface area contributed by atoms with E-state index < -0.39 is 5.41 Å². The Morgan fingerprint density at radius 3 is 1.37 bits per heavy atom. The lowest BCUT2D eigenvalue weighted by molar-refractivity contribution is 0.769. The quantitative estimate of drug-likeness (QED) is 0.160. The Balaban J connectivity index is 1.12. The summed E-state index contributed by atoms with van der Waals surface area (Å²) in [4.78, 5) is 20.2. The number of benzene rings is 8. The summed E-state index contributed by atoms with van der Waals surface area (Å²) in [6.07, 6.45) is 0. The third kappa shape index (κ3) is 5.30. The van der Waals surface area contributed by atoms with E-state index in [1.54, 1.807) is 0 Å². The normalized spacial score (nSPS) is 12.7. The largest absolute Gasteiger partial charge is 0.247 e. The van der Waals surface area contributed by atoms with Crippen LogP contribution in [-0.4, -0.2) is 19.9 Å². The fraction of sp³-hybridized carbons (Fsp3) is 0.0189. The van der Waals surface area contributed by atoms with Gasteiger partial charge in [-0.15, -0.1) is 0 Å². The molecule has 0 atom stereocenters. The summed E-state index contributed by atoms with van der Waals surface area (Å²) in [5, 5.41) is 3.43. The van der Waals surface area contributed by atoms with Gasteiger partial charge in [-0.25, -0.2) is 19.9 Å². The first-order valence-corrected chi connectivity index (χ1v) is 19.3. The van der Waals surface area contributed by atoms with Crippen LogP contribution in [0.1, 0.15) is 22.3 Å². The van der Waals surface area contributed by atoms with Gasteiger partial charge in [-0.3, -0.25) is 0 Å². The average molecular weight is 727 g/mol. The maximum atomic E-state index is 5.38. The number of aromatic nitrogens is 4. The summed E-state index contributed by atoms with van der Waals surface area (Å²) >= 11 is 0. The standard InChI is InChI=1S/C53H34N4/c1-5-17-36(18-6-1)50-55-51(37-19-7-2-8-20-37)57-52(56-50)38-31-29-35(30-32-38)49-45-33-44-41-25-13-15-27-46(41)53(39-21-9-3-10-22-39,40-23-11-4-12-24-40)47(44)34-43(45)42-26-14-16-28-48(42)54-49/h1-34H. The monoisotopic (exact) mass is 726 g/mol. The maximum Gasteiger partial charge on any atom is 0.164 e. The van der Waals surface area contributed by atoms with E-state index in [0.717, 1.165) is 44.2 Å². The lowest BCUT2D eigenvalue weighted by Gasteiger charge is -2.34. The molecule has 1 aliphatic carbocycles. The van der Waals surface area contributed by atoms with Crippen LogP contribution >= 0.6 is 0 Å². The fourth-order valence-electron chi connectivity index (χ4n) is 8.82. The third-order valence-electron chi connectivity index (χ3n) is 11.4. The Kier molecular flexibility index (Phi) is 7.68. The summed E-state index contributed by atoms with van der Waals surface area (Å²) in [5.74, 6) is 1.90. The second-order valence-electron chi connectivity index (χ2n) is 14.6. The molecule has 0 N–H and O–H groups in total. The fourth-order valence-corrected chi connectivity index (χ4v) is 8.82. The maximum absolute atomic E-state index is 5.38. The molecule has 11 rings (SSSR count). The molecule has 8 aromatic carbocycles. The molecule has 0 bridgehead atoms. The Morgan fingerprint density at radius 2 is 0.772 bits per heavy atom. The highest BCUT2D eigenvalue weighted by molar-refractivity contribution is 6.13. The molecule has 1 aliphatic rings. The van der Waals surface area contributed by atoms with Crippen LogP contribution in [-0.2, 0) is 5.41 Å². The zero-order chi connectivity index (χ0) is 37.8. The minimum absolute atomic E-state index is 0.490. The van der Waals surface area contributed by atoms with Gasteiger partial charge in [0.15, 0.2) is 17.5 Å². The molecule has 57 heavy (non-hydrogen) atoms. The number of fused-ring (bicyclic) bond motifs is 6. The summed E-state index contributed by atoms with van der Waals surface area (Å²) < 4.78 is 0. The van der Waals surface area contributed by atoms with Gasteiger partial charge in [0, 0.05) is 33.0 Å². The number of hydrogen-bond donors (Lipinski definition) is 0. The Morgan fingerprint density at radius 1 is 0.298 bits per heavy atom. The topological polar surface area (TPSA) is 51.6 Å². The molecule has 0 unspecified atom stereocenters. The van der Waals surface area contributed by atoms with E-state index in [4.69, 9.17) is 19.9 Å². The van der Waals surface area contributed by atoms with Crippen LogP contribution in [0.5, 0.6) is 0 Å². The second-order valence-corrected chi connectivity index (χ2v) is 14.6. The molecule has 0 aliphatic heterocycles. The van der Waals surface area contributed by atoms with Gasteiger partial charge in [-0.1, -0.05) is 188 Å². The van der Waals surface area contributed by atoms with E-state index in [9.17, 15) is 0 Å². The van der Waals surface area contributed by atoms with E-state index in [0.29, 0.717) is 17.5 Å². The predicted molar refractivity (Wildman–Crippen MR) is 232 cm³/mol.